The Kier molecular flexibility index (Phi) is 6.77. The summed E-state index contributed by atoms with van der Waals surface area (Å²) >= 11 is 12.8. The molecular weight excluding hydrogens is 355 g/mol. The molecule has 4 nitrogen and oxygen atoms in total. The minimum absolute atomic E-state index is 0.173. The van der Waals surface area contributed by atoms with Crippen molar-refractivity contribution in [2.45, 2.75) is 0 Å². The monoisotopic (exact) mass is 368 g/mol. The molecule has 0 bridgehead atoms. The predicted octanol–water partition coefficient (Wildman–Crippen LogP) is 4.30. The minimum atomic E-state index is -0.184. The molecule has 0 saturated heterocycles. The zero-order chi connectivity index (χ0) is 16.7. The van der Waals surface area contributed by atoms with Gasteiger partial charge in [0.25, 0.3) is 0 Å². The fourth-order valence-electron chi connectivity index (χ4n) is 1.73. The van der Waals surface area contributed by atoms with Crippen LogP contribution >= 0.6 is 35.0 Å². The van der Waals surface area contributed by atoms with Crippen LogP contribution in [0.1, 0.15) is 0 Å². The smallest absolute Gasteiger partial charge is 0.234 e. The van der Waals surface area contributed by atoms with Gasteiger partial charge in [0.1, 0.15) is 0 Å². The van der Waals surface area contributed by atoms with Crippen molar-refractivity contribution in [2.75, 3.05) is 22.1 Å². The molecule has 0 saturated carbocycles. The van der Waals surface area contributed by atoms with Crippen LogP contribution in [0.3, 0.4) is 0 Å². The Hall–Kier alpha value is -1.69. The lowest BCUT2D eigenvalue weighted by molar-refractivity contribution is -0.114. The van der Waals surface area contributed by atoms with Crippen molar-refractivity contribution in [1.82, 2.24) is 0 Å². The fourth-order valence-corrected chi connectivity index (χ4v) is 2.66. The summed E-state index contributed by atoms with van der Waals surface area (Å²) in [5.41, 5.74) is 1.30. The molecule has 0 aromatic heterocycles. The summed E-state index contributed by atoms with van der Waals surface area (Å²) in [6.07, 6.45) is 0. The van der Waals surface area contributed by atoms with E-state index in [-0.39, 0.29) is 23.3 Å². The van der Waals surface area contributed by atoms with Crippen LogP contribution in [0, 0.1) is 0 Å². The third-order valence-corrected chi connectivity index (χ3v) is 4.12. The zero-order valence-corrected chi connectivity index (χ0v) is 14.3. The topological polar surface area (TPSA) is 58.2 Å². The number of halogens is 2. The van der Waals surface area contributed by atoms with Gasteiger partial charge in [-0.25, -0.2) is 0 Å². The van der Waals surface area contributed by atoms with Crippen LogP contribution in [0.4, 0.5) is 11.4 Å². The molecule has 0 aliphatic rings. The second-order valence-electron chi connectivity index (χ2n) is 4.61. The van der Waals surface area contributed by atoms with Gasteiger partial charge >= 0.3 is 0 Å². The molecule has 0 heterocycles. The predicted molar refractivity (Wildman–Crippen MR) is 97.5 cm³/mol. The van der Waals surface area contributed by atoms with E-state index < -0.39 is 0 Å². The molecule has 2 amide bonds. The lowest BCUT2D eigenvalue weighted by Gasteiger charge is -2.06. The van der Waals surface area contributed by atoms with Gasteiger partial charge in [0, 0.05) is 21.4 Å². The molecule has 2 N–H and O–H groups in total. The number of rotatable bonds is 6. The van der Waals surface area contributed by atoms with Gasteiger partial charge in [-0.3, -0.25) is 9.59 Å². The number of hydrogen-bond acceptors (Lipinski definition) is 3. The van der Waals surface area contributed by atoms with Gasteiger partial charge in [0.2, 0.25) is 11.8 Å². The van der Waals surface area contributed by atoms with Crippen LogP contribution in [-0.2, 0) is 9.59 Å². The quantitative estimate of drug-likeness (QED) is 0.798. The molecule has 23 heavy (non-hydrogen) atoms. The first kappa shape index (κ1) is 17.7. The summed E-state index contributed by atoms with van der Waals surface area (Å²) in [5, 5.41) is 6.61. The summed E-state index contributed by atoms with van der Waals surface area (Å²) < 4.78 is 0. The summed E-state index contributed by atoms with van der Waals surface area (Å²) in [7, 11) is 0. The molecule has 0 atom stereocenters. The first-order chi connectivity index (χ1) is 11.0. The maximum atomic E-state index is 11.8. The molecule has 0 aliphatic carbocycles. The molecule has 7 heteroatoms. The highest BCUT2D eigenvalue weighted by Gasteiger charge is 2.07. The molecule has 0 spiro atoms. The fraction of sp³-hybridized carbons (Fsp3) is 0.125. The van der Waals surface area contributed by atoms with Gasteiger partial charge in [0.15, 0.2) is 0 Å². The lowest BCUT2D eigenvalue weighted by Crippen LogP contribution is -2.18. The first-order valence-corrected chi connectivity index (χ1v) is 8.62. The van der Waals surface area contributed by atoms with Crippen molar-refractivity contribution in [3.05, 3.63) is 58.6 Å². The van der Waals surface area contributed by atoms with Gasteiger partial charge in [-0.2, -0.15) is 0 Å². The minimum Gasteiger partial charge on any atom is -0.325 e. The Morgan fingerprint density at radius 1 is 0.826 bits per heavy atom. The van der Waals surface area contributed by atoms with E-state index in [1.807, 2.05) is 0 Å². The molecule has 2 aromatic carbocycles. The number of anilines is 2. The summed E-state index contributed by atoms with van der Waals surface area (Å²) in [4.78, 5) is 23.5. The standard InChI is InChI=1S/C16H14Cl2N2O2S/c17-11-4-6-13(7-5-11)19-15(21)9-23-10-16(22)20-14-3-1-2-12(18)8-14/h1-8H,9-10H2,(H,19,21)(H,20,22). The van der Waals surface area contributed by atoms with E-state index in [2.05, 4.69) is 10.6 Å². The van der Waals surface area contributed by atoms with Crippen LogP contribution in [0.15, 0.2) is 48.5 Å². The lowest BCUT2D eigenvalue weighted by atomic mass is 10.3. The highest BCUT2D eigenvalue weighted by molar-refractivity contribution is 8.00. The van der Waals surface area contributed by atoms with E-state index in [1.54, 1.807) is 48.5 Å². The number of hydrogen-bond donors (Lipinski definition) is 2. The Labute approximate surface area is 148 Å². The number of carbonyl (C=O) groups is 2. The van der Waals surface area contributed by atoms with Crippen molar-refractivity contribution in [1.29, 1.82) is 0 Å². The van der Waals surface area contributed by atoms with Gasteiger partial charge in [-0.05, 0) is 42.5 Å². The molecule has 0 aliphatic heterocycles. The van der Waals surface area contributed by atoms with Crippen LogP contribution in [0.5, 0.6) is 0 Å². The van der Waals surface area contributed by atoms with Gasteiger partial charge in [-0.1, -0.05) is 29.3 Å². The average Bonchev–Trinajstić information content (AvgIpc) is 2.49. The SMILES string of the molecule is O=C(CSCC(=O)Nc1cccc(Cl)c1)Nc1ccc(Cl)cc1. The number of thioether (sulfide) groups is 1. The molecule has 0 unspecified atom stereocenters. The molecule has 2 aromatic rings. The summed E-state index contributed by atoms with van der Waals surface area (Å²) in [6.45, 7) is 0. The number of carbonyl (C=O) groups excluding carboxylic acids is 2. The Balaban J connectivity index is 1.70. The number of nitrogens with one attached hydrogen (secondary N) is 2. The Bertz CT molecular complexity index is 693. The third kappa shape index (κ3) is 6.52. The normalized spacial score (nSPS) is 10.2. The highest BCUT2D eigenvalue weighted by atomic mass is 35.5. The van der Waals surface area contributed by atoms with Crippen molar-refractivity contribution in [3.63, 3.8) is 0 Å². The number of amides is 2. The van der Waals surface area contributed by atoms with Crippen molar-refractivity contribution in [3.8, 4) is 0 Å². The van der Waals surface area contributed by atoms with E-state index >= 15 is 0 Å². The van der Waals surface area contributed by atoms with Gasteiger partial charge in [-0.15, -0.1) is 11.8 Å². The third-order valence-electron chi connectivity index (χ3n) is 2.70. The molecular formula is C16H14Cl2N2O2S. The molecule has 0 fully saturated rings. The number of benzene rings is 2. The molecule has 120 valence electrons. The van der Waals surface area contributed by atoms with Crippen molar-refractivity contribution < 1.29 is 9.59 Å². The van der Waals surface area contributed by atoms with E-state index in [9.17, 15) is 9.59 Å². The Morgan fingerprint density at radius 2 is 1.43 bits per heavy atom. The molecule has 2 rings (SSSR count). The average molecular weight is 369 g/mol. The first-order valence-electron chi connectivity index (χ1n) is 6.71. The molecule has 0 radical (unpaired) electrons. The second-order valence-corrected chi connectivity index (χ2v) is 6.46. The van der Waals surface area contributed by atoms with Crippen molar-refractivity contribution in [2.24, 2.45) is 0 Å². The Morgan fingerprint density at radius 3 is 2.04 bits per heavy atom. The van der Waals surface area contributed by atoms with E-state index in [0.717, 1.165) is 0 Å². The zero-order valence-electron chi connectivity index (χ0n) is 12.0. The van der Waals surface area contributed by atoms with Crippen LogP contribution in [0.25, 0.3) is 0 Å². The van der Waals surface area contributed by atoms with E-state index in [0.29, 0.717) is 21.4 Å². The van der Waals surface area contributed by atoms with E-state index in [1.165, 1.54) is 11.8 Å². The largest absolute Gasteiger partial charge is 0.325 e. The van der Waals surface area contributed by atoms with Crippen LogP contribution < -0.4 is 10.6 Å². The summed E-state index contributed by atoms with van der Waals surface area (Å²) in [5.74, 6) is 0.0102. The van der Waals surface area contributed by atoms with Crippen molar-refractivity contribution >= 4 is 58.2 Å². The summed E-state index contributed by atoms with van der Waals surface area (Å²) in [6, 6.07) is 13.7. The van der Waals surface area contributed by atoms with Crippen LogP contribution in [-0.4, -0.2) is 23.3 Å². The van der Waals surface area contributed by atoms with Gasteiger partial charge in [0.05, 0.1) is 11.5 Å². The second kappa shape index (κ2) is 8.82. The van der Waals surface area contributed by atoms with Crippen LogP contribution in [0.2, 0.25) is 10.0 Å². The maximum Gasteiger partial charge on any atom is 0.234 e. The van der Waals surface area contributed by atoms with Gasteiger partial charge < -0.3 is 10.6 Å². The highest BCUT2D eigenvalue weighted by Crippen LogP contribution is 2.16. The maximum absolute atomic E-state index is 11.8. The van der Waals surface area contributed by atoms with E-state index in [4.69, 9.17) is 23.2 Å².